The second-order valence-electron chi connectivity index (χ2n) is 6.91. The lowest BCUT2D eigenvalue weighted by atomic mass is 10.2. The summed E-state index contributed by atoms with van der Waals surface area (Å²) in [5.41, 5.74) is 0. The van der Waals surface area contributed by atoms with Crippen molar-refractivity contribution in [2.24, 2.45) is 4.99 Å². The van der Waals surface area contributed by atoms with Crippen LogP contribution in [0.15, 0.2) is 4.99 Å². The SMILES string of the molecule is CCNC(=NCCCN1CCOCC1)NCCC(=O)NC1CCS(=O)(=O)C1.I. The average molecular weight is 531 g/mol. The van der Waals surface area contributed by atoms with Crippen molar-refractivity contribution in [3.05, 3.63) is 0 Å². The van der Waals surface area contributed by atoms with Crippen LogP contribution < -0.4 is 16.0 Å². The first-order valence-electron chi connectivity index (χ1n) is 9.80. The molecule has 9 nitrogen and oxygen atoms in total. The molecule has 0 spiro atoms. The molecule has 0 aliphatic carbocycles. The maximum Gasteiger partial charge on any atom is 0.222 e. The van der Waals surface area contributed by atoms with Crippen LogP contribution in [0.3, 0.4) is 0 Å². The van der Waals surface area contributed by atoms with E-state index in [1.807, 2.05) is 6.92 Å². The summed E-state index contributed by atoms with van der Waals surface area (Å²) >= 11 is 0. The highest BCUT2D eigenvalue weighted by atomic mass is 127. The van der Waals surface area contributed by atoms with Gasteiger partial charge in [0.25, 0.3) is 0 Å². The Morgan fingerprint density at radius 1 is 1.25 bits per heavy atom. The molecule has 3 N–H and O–H groups in total. The van der Waals surface area contributed by atoms with E-state index in [4.69, 9.17) is 4.74 Å². The molecular weight excluding hydrogens is 497 g/mol. The predicted octanol–water partition coefficient (Wildman–Crippen LogP) is -0.425. The van der Waals surface area contributed by atoms with Gasteiger partial charge in [0.15, 0.2) is 15.8 Å². The Morgan fingerprint density at radius 3 is 2.64 bits per heavy atom. The normalized spacial score (nSPS) is 22.3. The summed E-state index contributed by atoms with van der Waals surface area (Å²) in [5, 5.41) is 9.13. The highest BCUT2D eigenvalue weighted by molar-refractivity contribution is 14.0. The molecule has 11 heteroatoms. The molecule has 164 valence electrons. The second kappa shape index (κ2) is 13.5. The fourth-order valence-corrected chi connectivity index (χ4v) is 4.83. The van der Waals surface area contributed by atoms with Crippen LogP contribution in [0.1, 0.15) is 26.2 Å². The van der Waals surface area contributed by atoms with Gasteiger partial charge >= 0.3 is 0 Å². The number of rotatable bonds is 9. The molecule has 0 aromatic heterocycles. The molecule has 0 radical (unpaired) electrons. The van der Waals surface area contributed by atoms with Crippen LogP contribution in [-0.4, -0.2) is 95.2 Å². The first kappa shape index (κ1) is 25.4. The standard InChI is InChI=1S/C17H33N5O4S.HI/c1-2-18-17(19-6-3-8-22-9-11-26-12-10-22)20-7-4-16(23)21-15-5-13-27(24,25)14-15;/h15H,2-14H2,1H3,(H,21,23)(H2,18,19,20);1H. The molecule has 1 amide bonds. The average Bonchev–Trinajstić information content (AvgIpc) is 2.98. The van der Waals surface area contributed by atoms with Gasteiger partial charge in [-0.3, -0.25) is 14.7 Å². The third-order valence-corrected chi connectivity index (χ3v) is 6.36. The summed E-state index contributed by atoms with van der Waals surface area (Å²) in [4.78, 5) is 18.9. The fourth-order valence-electron chi connectivity index (χ4n) is 3.15. The molecule has 2 aliphatic heterocycles. The van der Waals surface area contributed by atoms with Crippen molar-refractivity contribution in [3.63, 3.8) is 0 Å². The van der Waals surface area contributed by atoms with Crippen molar-refractivity contribution in [2.75, 3.05) is 64.0 Å². The number of carbonyl (C=O) groups is 1. The monoisotopic (exact) mass is 531 g/mol. The van der Waals surface area contributed by atoms with Gasteiger partial charge in [0.2, 0.25) is 5.91 Å². The smallest absolute Gasteiger partial charge is 0.222 e. The number of hydrogen-bond donors (Lipinski definition) is 3. The first-order valence-corrected chi connectivity index (χ1v) is 11.6. The number of hydrogen-bond acceptors (Lipinski definition) is 6. The van der Waals surface area contributed by atoms with E-state index in [0.717, 1.165) is 52.4 Å². The number of amides is 1. The Bertz CT molecular complexity index is 596. The maximum atomic E-state index is 12.0. The summed E-state index contributed by atoms with van der Waals surface area (Å²) in [6.45, 7) is 8.53. The van der Waals surface area contributed by atoms with Gasteiger partial charge in [-0.2, -0.15) is 0 Å². The van der Waals surface area contributed by atoms with Gasteiger partial charge in [-0.1, -0.05) is 0 Å². The van der Waals surface area contributed by atoms with E-state index in [0.29, 0.717) is 18.9 Å². The lowest BCUT2D eigenvalue weighted by Crippen LogP contribution is -2.41. The third kappa shape index (κ3) is 10.2. The van der Waals surface area contributed by atoms with Crippen molar-refractivity contribution in [2.45, 2.75) is 32.2 Å². The zero-order valence-electron chi connectivity index (χ0n) is 16.6. The summed E-state index contributed by atoms with van der Waals surface area (Å²) < 4.78 is 28.2. The molecule has 2 saturated heterocycles. The Balaban J connectivity index is 0.00000392. The highest BCUT2D eigenvalue weighted by Gasteiger charge is 2.28. The molecule has 2 aliphatic rings. The minimum absolute atomic E-state index is 0. The molecule has 1 atom stereocenters. The molecule has 2 heterocycles. The predicted molar refractivity (Wildman–Crippen MR) is 121 cm³/mol. The number of ether oxygens (including phenoxy) is 1. The molecule has 0 bridgehead atoms. The highest BCUT2D eigenvalue weighted by Crippen LogP contribution is 2.11. The largest absolute Gasteiger partial charge is 0.379 e. The lowest BCUT2D eigenvalue weighted by molar-refractivity contribution is -0.121. The van der Waals surface area contributed by atoms with Gasteiger partial charge in [-0.25, -0.2) is 8.42 Å². The van der Waals surface area contributed by atoms with Gasteiger partial charge < -0.3 is 20.7 Å². The fraction of sp³-hybridized carbons (Fsp3) is 0.882. The third-order valence-electron chi connectivity index (χ3n) is 4.59. The molecule has 28 heavy (non-hydrogen) atoms. The number of nitrogens with zero attached hydrogens (tertiary/aromatic N) is 2. The molecule has 1 unspecified atom stereocenters. The second-order valence-corrected chi connectivity index (χ2v) is 9.14. The maximum absolute atomic E-state index is 12.0. The van der Waals surface area contributed by atoms with Crippen molar-refractivity contribution in [1.82, 2.24) is 20.9 Å². The van der Waals surface area contributed by atoms with Gasteiger partial charge in [-0.15, -0.1) is 24.0 Å². The number of carbonyl (C=O) groups excluding carboxylic acids is 1. The number of morpholine rings is 1. The van der Waals surface area contributed by atoms with E-state index in [-0.39, 0.29) is 53.9 Å². The Hall–Kier alpha value is -0.660. The van der Waals surface area contributed by atoms with E-state index in [1.165, 1.54) is 0 Å². The van der Waals surface area contributed by atoms with Gasteiger partial charge in [0.1, 0.15) is 0 Å². The van der Waals surface area contributed by atoms with E-state index >= 15 is 0 Å². The van der Waals surface area contributed by atoms with Crippen LogP contribution in [0.2, 0.25) is 0 Å². The summed E-state index contributed by atoms with van der Waals surface area (Å²) in [6, 6.07) is -0.246. The van der Waals surface area contributed by atoms with Crippen LogP contribution in [-0.2, 0) is 19.4 Å². The number of sulfone groups is 1. The Morgan fingerprint density at radius 2 is 2.00 bits per heavy atom. The molecule has 2 rings (SSSR count). The van der Waals surface area contributed by atoms with Crippen LogP contribution in [0.25, 0.3) is 0 Å². The number of nitrogens with one attached hydrogen (secondary N) is 3. The topological polar surface area (TPSA) is 112 Å². The van der Waals surface area contributed by atoms with Crippen molar-refractivity contribution < 1.29 is 17.9 Å². The zero-order chi connectivity index (χ0) is 19.5. The minimum Gasteiger partial charge on any atom is -0.379 e. The molecule has 0 aromatic carbocycles. The first-order chi connectivity index (χ1) is 13.0. The molecule has 0 aromatic rings. The minimum atomic E-state index is -2.97. The number of halogens is 1. The molecule has 0 saturated carbocycles. The van der Waals surface area contributed by atoms with Crippen LogP contribution in [0.5, 0.6) is 0 Å². The van der Waals surface area contributed by atoms with Gasteiger partial charge in [0.05, 0.1) is 24.7 Å². The Labute approximate surface area is 185 Å². The van der Waals surface area contributed by atoms with Crippen molar-refractivity contribution in [1.29, 1.82) is 0 Å². The van der Waals surface area contributed by atoms with E-state index in [2.05, 4.69) is 25.8 Å². The summed E-state index contributed by atoms with van der Waals surface area (Å²) in [6.07, 6.45) is 1.77. The zero-order valence-corrected chi connectivity index (χ0v) is 19.8. The van der Waals surface area contributed by atoms with E-state index in [1.54, 1.807) is 0 Å². The number of guanidine groups is 1. The van der Waals surface area contributed by atoms with Crippen LogP contribution >= 0.6 is 24.0 Å². The van der Waals surface area contributed by atoms with E-state index < -0.39 is 9.84 Å². The quantitative estimate of drug-likeness (QED) is 0.160. The van der Waals surface area contributed by atoms with Crippen LogP contribution in [0.4, 0.5) is 0 Å². The molecular formula is C17H34IN5O4S. The van der Waals surface area contributed by atoms with Crippen molar-refractivity contribution in [3.8, 4) is 0 Å². The number of aliphatic imine (C=N–C) groups is 1. The molecule has 2 fully saturated rings. The Kier molecular flexibility index (Phi) is 12.3. The van der Waals surface area contributed by atoms with Crippen molar-refractivity contribution >= 4 is 45.7 Å². The van der Waals surface area contributed by atoms with Crippen LogP contribution in [0, 0.1) is 0 Å². The van der Waals surface area contributed by atoms with E-state index in [9.17, 15) is 13.2 Å². The summed E-state index contributed by atoms with van der Waals surface area (Å²) in [7, 11) is -2.97. The summed E-state index contributed by atoms with van der Waals surface area (Å²) in [5.74, 6) is 0.792. The van der Waals surface area contributed by atoms with Gasteiger partial charge in [-0.05, 0) is 19.8 Å². The lowest BCUT2D eigenvalue weighted by Gasteiger charge is -2.26. The van der Waals surface area contributed by atoms with Gasteiger partial charge in [0, 0.05) is 51.7 Å².